The summed E-state index contributed by atoms with van der Waals surface area (Å²) in [7, 11) is 0. The molecule has 0 amide bonds. The minimum absolute atomic E-state index is 0.0324. The summed E-state index contributed by atoms with van der Waals surface area (Å²) in [6.07, 6.45) is -3.18. The summed E-state index contributed by atoms with van der Waals surface area (Å²) in [6, 6.07) is 1.33. The normalized spacial score (nSPS) is 12.0. The molecule has 0 radical (unpaired) electrons. The average Bonchev–Trinajstić information content (AvgIpc) is 2.63. The Morgan fingerprint density at radius 1 is 1.47 bits per heavy atom. The fourth-order valence-electron chi connectivity index (χ4n) is 1.64. The molecular weight excluding hydrogens is 301 g/mol. The van der Waals surface area contributed by atoms with E-state index in [1.807, 2.05) is 0 Å². The molecule has 0 aromatic carbocycles. The van der Waals surface area contributed by atoms with Gasteiger partial charge in [0.1, 0.15) is 5.52 Å². The summed E-state index contributed by atoms with van der Waals surface area (Å²) in [4.78, 5) is 7.54. The van der Waals surface area contributed by atoms with E-state index in [0.29, 0.717) is 0 Å². The quantitative estimate of drug-likeness (QED) is 0.886. The van der Waals surface area contributed by atoms with E-state index >= 15 is 0 Å². The van der Waals surface area contributed by atoms with E-state index in [9.17, 15) is 13.2 Å². The number of pyridine rings is 1. The first-order chi connectivity index (χ1) is 8.79. The molecule has 2 N–H and O–H groups in total. The Morgan fingerprint density at radius 3 is 2.74 bits per heavy atom. The molecule has 2 aromatic heterocycles. The lowest BCUT2D eigenvalue weighted by molar-refractivity contribution is -0.146. The van der Waals surface area contributed by atoms with Crippen molar-refractivity contribution >= 4 is 40.0 Å². The van der Waals surface area contributed by atoms with Gasteiger partial charge in [0.05, 0.1) is 10.0 Å². The largest absolute Gasteiger partial charge is 0.449 e. The van der Waals surface area contributed by atoms with Crippen LogP contribution < -0.4 is 5.73 Å². The molecule has 0 saturated heterocycles. The third kappa shape index (κ3) is 2.95. The maximum atomic E-state index is 12.9. The van der Waals surface area contributed by atoms with Crippen molar-refractivity contribution in [1.82, 2.24) is 14.5 Å². The predicted molar refractivity (Wildman–Crippen MR) is 68.9 cm³/mol. The molecule has 0 aliphatic rings. The van der Waals surface area contributed by atoms with Gasteiger partial charge in [0, 0.05) is 19.2 Å². The lowest BCUT2D eigenvalue weighted by atomic mass is 10.4. The van der Waals surface area contributed by atoms with Gasteiger partial charge in [-0.15, -0.1) is 0 Å². The Bertz CT molecular complexity index is 637. The molecule has 0 spiro atoms. The molecule has 0 saturated carbocycles. The highest BCUT2D eigenvalue weighted by Gasteiger charge is 2.37. The van der Waals surface area contributed by atoms with Gasteiger partial charge in [-0.3, -0.25) is 0 Å². The molecular formula is C10H8ClF3N4S. The summed E-state index contributed by atoms with van der Waals surface area (Å²) in [5.41, 5.74) is 5.50. The van der Waals surface area contributed by atoms with Gasteiger partial charge >= 0.3 is 6.18 Å². The maximum Gasteiger partial charge on any atom is 0.449 e. The summed E-state index contributed by atoms with van der Waals surface area (Å²) in [5.74, 6) is -1.03. The number of aryl methyl sites for hydroxylation is 1. The summed E-state index contributed by atoms with van der Waals surface area (Å²) >= 11 is 10.4. The highest BCUT2D eigenvalue weighted by Crippen LogP contribution is 2.31. The minimum Gasteiger partial charge on any atom is -0.393 e. The molecule has 9 heteroatoms. The highest BCUT2D eigenvalue weighted by molar-refractivity contribution is 7.80. The van der Waals surface area contributed by atoms with Crippen molar-refractivity contribution in [2.75, 3.05) is 0 Å². The van der Waals surface area contributed by atoms with Gasteiger partial charge < -0.3 is 10.3 Å². The molecule has 0 fully saturated rings. The number of hydrogen-bond acceptors (Lipinski definition) is 3. The Kier molecular flexibility index (Phi) is 3.64. The van der Waals surface area contributed by atoms with E-state index < -0.39 is 12.0 Å². The predicted octanol–water partition coefficient (Wildman–Crippen LogP) is 2.78. The lowest BCUT2D eigenvalue weighted by Crippen LogP contribution is -2.18. The second kappa shape index (κ2) is 4.93. The monoisotopic (exact) mass is 308 g/mol. The number of aromatic nitrogens is 3. The van der Waals surface area contributed by atoms with E-state index in [4.69, 9.17) is 17.3 Å². The number of halogens is 4. The Labute approximate surface area is 116 Å². The molecule has 0 atom stereocenters. The van der Waals surface area contributed by atoms with Gasteiger partial charge in [-0.25, -0.2) is 9.97 Å². The number of nitrogens with two attached hydrogens (primary N) is 1. The van der Waals surface area contributed by atoms with Crippen LogP contribution in [0, 0.1) is 0 Å². The van der Waals surface area contributed by atoms with E-state index in [1.165, 1.54) is 12.3 Å². The van der Waals surface area contributed by atoms with Crippen molar-refractivity contribution < 1.29 is 13.2 Å². The third-order valence-electron chi connectivity index (χ3n) is 2.39. The summed E-state index contributed by atoms with van der Waals surface area (Å²) < 4.78 is 39.7. The van der Waals surface area contributed by atoms with Crippen LogP contribution in [0.2, 0.25) is 5.02 Å². The van der Waals surface area contributed by atoms with Gasteiger partial charge in [0.25, 0.3) is 0 Å². The number of fused-ring (bicyclic) bond motifs is 1. The van der Waals surface area contributed by atoms with Crippen LogP contribution in [0.1, 0.15) is 12.2 Å². The highest BCUT2D eigenvalue weighted by atomic mass is 35.5. The zero-order valence-electron chi connectivity index (χ0n) is 9.41. The van der Waals surface area contributed by atoms with E-state index in [2.05, 4.69) is 22.2 Å². The van der Waals surface area contributed by atoms with Crippen molar-refractivity contribution in [3.63, 3.8) is 0 Å². The first-order valence-electron chi connectivity index (χ1n) is 5.16. The molecule has 2 heterocycles. The molecule has 0 aliphatic heterocycles. The fourth-order valence-corrected chi connectivity index (χ4v) is 1.88. The van der Waals surface area contributed by atoms with E-state index in [-0.39, 0.29) is 34.1 Å². The van der Waals surface area contributed by atoms with Crippen molar-refractivity contribution in [2.45, 2.75) is 19.1 Å². The summed E-state index contributed by atoms with van der Waals surface area (Å²) in [5, 5.41) is 0.222. The SMILES string of the molecule is NC(=S)CCn1c(C(F)(F)F)nc2cc(Cl)cnc21. The number of alkyl halides is 3. The molecule has 2 rings (SSSR count). The molecule has 0 aliphatic carbocycles. The van der Waals surface area contributed by atoms with Gasteiger partial charge in [-0.2, -0.15) is 13.2 Å². The van der Waals surface area contributed by atoms with Crippen molar-refractivity contribution in [3.05, 3.63) is 23.1 Å². The molecule has 19 heavy (non-hydrogen) atoms. The van der Waals surface area contributed by atoms with Crippen LogP contribution in [-0.4, -0.2) is 19.5 Å². The van der Waals surface area contributed by atoms with Crippen molar-refractivity contribution in [2.24, 2.45) is 5.73 Å². The van der Waals surface area contributed by atoms with Crippen LogP contribution in [-0.2, 0) is 12.7 Å². The fraction of sp³-hybridized carbons (Fsp3) is 0.300. The van der Waals surface area contributed by atoms with Gasteiger partial charge in [-0.1, -0.05) is 23.8 Å². The van der Waals surface area contributed by atoms with Crippen LogP contribution >= 0.6 is 23.8 Å². The first-order valence-corrected chi connectivity index (χ1v) is 5.95. The zero-order chi connectivity index (χ0) is 14.2. The number of thiocarbonyl (C=S) groups is 1. The molecule has 0 bridgehead atoms. The number of imidazole rings is 1. The molecule has 102 valence electrons. The number of rotatable bonds is 3. The van der Waals surface area contributed by atoms with Crippen LogP contribution in [0.25, 0.3) is 11.2 Å². The smallest absolute Gasteiger partial charge is 0.393 e. The topological polar surface area (TPSA) is 56.7 Å². The van der Waals surface area contributed by atoms with E-state index in [1.54, 1.807) is 0 Å². The Hall–Kier alpha value is -1.41. The second-order valence-electron chi connectivity index (χ2n) is 3.80. The molecule has 0 unspecified atom stereocenters. The average molecular weight is 309 g/mol. The van der Waals surface area contributed by atoms with E-state index in [0.717, 1.165) is 4.57 Å². The number of hydrogen-bond donors (Lipinski definition) is 1. The van der Waals surface area contributed by atoms with Gasteiger partial charge in [-0.05, 0) is 6.07 Å². The second-order valence-corrected chi connectivity index (χ2v) is 4.76. The molecule has 4 nitrogen and oxygen atoms in total. The van der Waals surface area contributed by atoms with Crippen LogP contribution in [0.15, 0.2) is 12.3 Å². The summed E-state index contributed by atoms with van der Waals surface area (Å²) in [6.45, 7) is -0.0324. The van der Waals surface area contributed by atoms with Crippen LogP contribution in [0.3, 0.4) is 0 Å². The van der Waals surface area contributed by atoms with Gasteiger partial charge in [0.2, 0.25) is 5.82 Å². The first kappa shape index (κ1) is 14.0. The Morgan fingerprint density at radius 2 is 2.16 bits per heavy atom. The minimum atomic E-state index is -4.58. The maximum absolute atomic E-state index is 12.9. The lowest BCUT2D eigenvalue weighted by Gasteiger charge is -2.10. The van der Waals surface area contributed by atoms with Crippen molar-refractivity contribution in [1.29, 1.82) is 0 Å². The van der Waals surface area contributed by atoms with Gasteiger partial charge in [0.15, 0.2) is 5.65 Å². The van der Waals surface area contributed by atoms with Crippen LogP contribution in [0.4, 0.5) is 13.2 Å². The van der Waals surface area contributed by atoms with Crippen LogP contribution in [0.5, 0.6) is 0 Å². The Balaban J connectivity index is 2.58. The zero-order valence-corrected chi connectivity index (χ0v) is 11.0. The standard InChI is InChI=1S/C10H8ClF3N4S/c11-5-3-6-8(16-4-5)18(2-1-7(15)19)9(17-6)10(12,13)14/h3-4H,1-2H2,(H2,15,19). The van der Waals surface area contributed by atoms with Crippen molar-refractivity contribution in [3.8, 4) is 0 Å². The number of nitrogens with zero attached hydrogens (tertiary/aromatic N) is 3. The molecule has 2 aromatic rings. The third-order valence-corrected chi connectivity index (χ3v) is 2.80.